The summed E-state index contributed by atoms with van der Waals surface area (Å²) < 4.78 is 0. The fourth-order valence-corrected chi connectivity index (χ4v) is 2.74. The molecule has 1 aliphatic rings. The van der Waals surface area contributed by atoms with Gasteiger partial charge < -0.3 is 10.2 Å². The van der Waals surface area contributed by atoms with E-state index in [0.29, 0.717) is 11.5 Å². The normalized spacial score (nSPS) is 15.5. The van der Waals surface area contributed by atoms with E-state index in [2.05, 4.69) is 27.1 Å². The van der Waals surface area contributed by atoms with E-state index in [1.54, 1.807) is 25.3 Å². The first-order chi connectivity index (χ1) is 11.1. The Morgan fingerprint density at radius 1 is 1.17 bits per heavy atom. The first kappa shape index (κ1) is 15.5. The van der Waals surface area contributed by atoms with Crippen LogP contribution in [0, 0.1) is 5.92 Å². The number of aromatic nitrogens is 2. The third kappa shape index (κ3) is 3.86. The van der Waals surface area contributed by atoms with E-state index in [1.807, 2.05) is 18.2 Å². The molecule has 0 atom stereocenters. The molecule has 1 N–H and O–H groups in total. The van der Waals surface area contributed by atoms with Crippen molar-refractivity contribution in [2.24, 2.45) is 5.92 Å². The van der Waals surface area contributed by atoms with Crippen molar-refractivity contribution in [3.63, 3.8) is 0 Å². The zero-order valence-corrected chi connectivity index (χ0v) is 13.6. The molecule has 1 saturated heterocycles. The lowest BCUT2D eigenvalue weighted by molar-refractivity contribution is 0.101. The number of hydrogen-bond acceptors (Lipinski definition) is 5. The smallest absolute Gasteiger partial charge is 0.229 e. The van der Waals surface area contributed by atoms with E-state index in [4.69, 9.17) is 0 Å². The van der Waals surface area contributed by atoms with Crippen LogP contribution >= 0.6 is 0 Å². The Morgan fingerprint density at radius 2 is 1.87 bits per heavy atom. The quantitative estimate of drug-likeness (QED) is 0.873. The van der Waals surface area contributed by atoms with Crippen LogP contribution in [0.15, 0.2) is 36.5 Å². The Hall–Kier alpha value is -2.43. The summed E-state index contributed by atoms with van der Waals surface area (Å²) in [5, 5.41) is 3.20. The van der Waals surface area contributed by atoms with Crippen LogP contribution in [-0.2, 0) is 0 Å². The van der Waals surface area contributed by atoms with Gasteiger partial charge in [0.25, 0.3) is 0 Å². The van der Waals surface area contributed by atoms with Crippen molar-refractivity contribution in [2.75, 3.05) is 23.3 Å². The van der Waals surface area contributed by atoms with E-state index in [0.717, 1.165) is 30.5 Å². The van der Waals surface area contributed by atoms with Gasteiger partial charge in [0.2, 0.25) is 5.95 Å². The molecule has 120 valence electrons. The van der Waals surface area contributed by atoms with Gasteiger partial charge >= 0.3 is 0 Å². The maximum Gasteiger partial charge on any atom is 0.229 e. The minimum Gasteiger partial charge on any atom is -0.356 e. The summed E-state index contributed by atoms with van der Waals surface area (Å²) in [5.41, 5.74) is 1.58. The van der Waals surface area contributed by atoms with Crippen molar-refractivity contribution < 1.29 is 4.79 Å². The maximum atomic E-state index is 11.3. The number of piperidine rings is 1. The Morgan fingerprint density at radius 3 is 2.52 bits per heavy atom. The standard InChI is InChI=1S/C18H22N4O/c1-13-8-11-22(12-9-13)17-7-10-19-18(21-17)20-16-5-3-15(4-6-16)14(2)23/h3-7,10,13H,8-9,11-12H2,1-2H3,(H,19,20,21). The molecule has 5 heteroatoms. The number of carbonyl (C=O) groups is 1. The van der Waals surface area contributed by atoms with Crippen LogP contribution in [-0.4, -0.2) is 28.8 Å². The van der Waals surface area contributed by atoms with Crippen LogP contribution in [0.1, 0.15) is 37.0 Å². The van der Waals surface area contributed by atoms with E-state index in [-0.39, 0.29) is 5.78 Å². The molecule has 2 aromatic rings. The highest BCUT2D eigenvalue weighted by atomic mass is 16.1. The number of anilines is 3. The van der Waals surface area contributed by atoms with Crippen molar-refractivity contribution in [1.82, 2.24) is 9.97 Å². The molecule has 0 spiro atoms. The number of nitrogens with zero attached hydrogens (tertiary/aromatic N) is 3. The summed E-state index contributed by atoms with van der Waals surface area (Å²) in [5.74, 6) is 2.41. The van der Waals surface area contributed by atoms with Crippen LogP contribution in [0.2, 0.25) is 0 Å². The lowest BCUT2D eigenvalue weighted by atomic mass is 9.99. The van der Waals surface area contributed by atoms with Gasteiger partial charge in [0.1, 0.15) is 5.82 Å². The average Bonchev–Trinajstić information content (AvgIpc) is 2.56. The Labute approximate surface area is 136 Å². The molecule has 1 fully saturated rings. The summed E-state index contributed by atoms with van der Waals surface area (Å²) in [4.78, 5) is 22.5. The summed E-state index contributed by atoms with van der Waals surface area (Å²) in [6.07, 6.45) is 4.20. The number of rotatable bonds is 4. The third-order valence-corrected chi connectivity index (χ3v) is 4.30. The van der Waals surface area contributed by atoms with E-state index >= 15 is 0 Å². The van der Waals surface area contributed by atoms with Gasteiger partial charge in [-0.2, -0.15) is 4.98 Å². The van der Waals surface area contributed by atoms with Gasteiger partial charge in [-0.1, -0.05) is 6.92 Å². The number of hydrogen-bond donors (Lipinski definition) is 1. The molecule has 0 aliphatic carbocycles. The molecule has 23 heavy (non-hydrogen) atoms. The molecule has 0 bridgehead atoms. The van der Waals surface area contributed by atoms with Crippen molar-refractivity contribution in [3.8, 4) is 0 Å². The summed E-state index contributed by atoms with van der Waals surface area (Å²) in [6, 6.07) is 9.31. The zero-order chi connectivity index (χ0) is 16.2. The molecule has 0 radical (unpaired) electrons. The zero-order valence-electron chi connectivity index (χ0n) is 13.6. The summed E-state index contributed by atoms with van der Waals surface area (Å²) in [7, 11) is 0. The largest absolute Gasteiger partial charge is 0.356 e. The molecule has 5 nitrogen and oxygen atoms in total. The van der Waals surface area contributed by atoms with Crippen molar-refractivity contribution in [1.29, 1.82) is 0 Å². The molecule has 2 heterocycles. The van der Waals surface area contributed by atoms with Crippen LogP contribution in [0.25, 0.3) is 0 Å². The van der Waals surface area contributed by atoms with Crippen LogP contribution in [0.5, 0.6) is 0 Å². The Balaban J connectivity index is 1.71. The van der Waals surface area contributed by atoms with Gasteiger partial charge in [-0.25, -0.2) is 4.98 Å². The van der Waals surface area contributed by atoms with E-state index in [9.17, 15) is 4.79 Å². The summed E-state index contributed by atoms with van der Waals surface area (Å²) in [6.45, 7) is 5.96. The lowest BCUT2D eigenvalue weighted by Gasteiger charge is -2.31. The highest BCUT2D eigenvalue weighted by molar-refractivity contribution is 5.94. The molecule has 1 aliphatic heterocycles. The average molecular weight is 310 g/mol. The Bertz CT molecular complexity index is 676. The number of Topliss-reactive ketones (excluding diaryl/α,β-unsaturated/α-hetero) is 1. The molecule has 0 saturated carbocycles. The molecular formula is C18H22N4O. The number of ketones is 1. The van der Waals surface area contributed by atoms with Gasteiger partial charge in [-0.05, 0) is 56.0 Å². The van der Waals surface area contributed by atoms with Gasteiger partial charge in [0, 0.05) is 30.5 Å². The number of carbonyl (C=O) groups excluding carboxylic acids is 1. The van der Waals surface area contributed by atoms with Gasteiger partial charge in [0.15, 0.2) is 5.78 Å². The Kier molecular flexibility index (Phi) is 4.55. The van der Waals surface area contributed by atoms with Crippen LogP contribution in [0.4, 0.5) is 17.5 Å². The fourth-order valence-electron chi connectivity index (χ4n) is 2.74. The summed E-state index contributed by atoms with van der Waals surface area (Å²) >= 11 is 0. The monoisotopic (exact) mass is 310 g/mol. The SMILES string of the molecule is CC(=O)c1ccc(Nc2nccc(N3CCC(C)CC3)n2)cc1. The van der Waals surface area contributed by atoms with Crippen LogP contribution in [0.3, 0.4) is 0 Å². The van der Waals surface area contributed by atoms with Gasteiger partial charge in [0.05, 0.1) is 0 Å². The van der Waals surface area contributed by atoms with E-state index in [1.165, 1.54) is 12.8 Å². The molecule has 1 aromatic carbocycles. The van der Waals surface area contributed by atoms with Gasteiger partial charge in [-0.3, -0.25) is 4.79 Å². The second-order valence-electron chi connectivity index (χ2n) is 6.17. The predicted octanol–water partition coefficient (Wildman–Crippen LogP) is 3.66. The third-order valence-electron chi connectivity index (χ3n) is 4.30. The highest BCUT2D eigenvalue weighted by Gasteiger charge is 2.17. The number of benzene rings is 1. The first-order valence-electron chi connectivity index (χ1n) is 8.08. The topological polar surface area (TPSA) is 58.1 Å². The predicted molar refractivity (Wildman–Crippen MR) is 92.4 cm³/mol. The molecular weight excluding hydrogens is 288 g/mol. The van der Waals surface area contributed by atoms with Crippen molar-refractivity contribution in [3.05, 3.63) is 42.1 Å². The van der Waals surface area contributed by atoms with Crippen LogP contribution < -0.4 is 10.2 Å². The minimum atomic E-state index is 0.0640. The molecule has 3 rings (SSSR count). The lowest BCUT2D eigenvalue weighted by Crippen LogP contribution is -2.33. The fraction of sp³-hybridized carbons (Fsp3) is 0.389. The second kappa shape index (κ2) is 6.77. The van der Waals surface area contributed by atoms with Gasteiger partial charge in [-0.15, -0.1) is 0 Å². The maximum absolute atomic E-state index is 11.3. The number of nitrogens with one attached hydrogen (secondary N) is 1. The second-order valence-corrected chi connectivity index (χ2v) is 6.17. The molecule has 0 unspecified atom stereocenters. The highest BCUT2D eigenvalue weighted by Crippen LogP contribution is 2.22. The van der Waals surface area contributed by atoms with Crippen molar-refractivity contribution >= 4 is 23.2 Å². The molecule has 0 amide bonds. The molecule has 1 aromatic heterocycles. The first-order valence-corrected chi connectivity index (χ1v) is 8.08. The van der Waals surface area contributed by atoms with E-state index < -0.39 is 0 Å². The minimum absolute atomic E-state index is 0.0640. The van der Waals surface area contributed by atoms with Crippen molar-refractivity contribution in [2.45, 2.75) is 26.7 Å².